The van der Waals surface area contributed by atoms with Crippen molar-refractivity contribution in [2.75, 3.05) is 5.75 Å². The number of hydrogen-bond acceptors (Lipinski definition) is 4. The first kappa shape index (κ1) is 21.8. The predicted octanol–water partition coefficient (Wildman–Crippen LogP) is 4.24. The SMILES string of the molecule is C[C@]12CCC(=O)N1[C@H](C(=O)N[C@@H](c1ccccc1)c1ccc3nc(C(F)(F)F)[nH]c3c1)CS2. The van der Waals surface area contributed by atoms with Gasteiger partial charge in [0.05, 0.1) is 21.9 Å². The van der Waals surface area contributed by atoms with Gasteiger partial charge in [0.25, 0.3) is 0 Å². The molecule has 3 aromatic rings. The Bertz CT molecular complexity index is 1230. The lowest BCUT2D eigenvalue weighted by Crippen LogP contribution is -2.50. The molecule has 172 valence electrons. The Kier molecular flexibility index (Phi) is 5.15. The van der Waals surface area contributed by atoms with Gasteiger partial charge in [-0.25, -0.2) is 4.98 Å². The van der Waals surface area contributed by atoms with E-state index in [1.165, 1.54) is 6.07 Å². The van der Waals surface area contributed by atoms with Crippen LogP contribution in [0.15, 0.2) is 48.5 Å². The average molecular weight is 475 g/mol. The first-order valence-electron chi connectivity index (χ1n) is 10.5. The van der Waals surface area contributed by atoms with Crippen molar-refractivity contribution < 1.29 is 22.8 Å². The number of imidazole rings is 1. The predicted molar refractivity (Wildman–Crippen MR) is 118 cm³/mol. The quantitative estimate of drug-likeness (QED) is 0.593. The van der Waals surface area contributed by atoms with Gasteiger partial charge in [0.1, 0.15) is 6.04 Å². The highest BCUT2D eigenvalue weighted by Crippen LogP contribution is 2.47. The number of fused-ring (bicyclic) bond motifs is 2. The molecule has 3 heterocycles. The zero-order valence-corrected chi connectivity index (χ0v) is 18.5. The van der Waals surface area contributed by atoms with Gasteiger partial charge in [-0.1, -0.05) is 36.4 Å². The van der Waals surface area contributed by atoms with Gasteiger partial charge in [-0.05, 0) is 36.6 Å². The Morgan fingerprint density at radius 3 is 2.73 bits per heavy atom. The second kappa shape index (κ2) is 7.79. The number of hydrogen-bond donors (Lipinski definition) is 2. The number of alkyl halides is 3. The monoisotopic (exact) mass is 474 g/mol. The van der Waals surface area contributed by atoms with E-state index in [0.717, 1.165) is 5.56 Å². The third kappa shape index (κ3) is 3.86. The second-order valence-electron chi connectivity index (χ2n) is 8.48. The van der Waals surface area contributed by atoms with Gasteiger partial charge in [0.2, 0.25) is 17.6 Å². The minimum atomic E-state index is -4.58. The summed E-state index contributed by atoms with van der Waals surface area (Å²) in [6.07, 6.45) is -3.45. The van der Waals surface area contributed by atoms with E-state index in [1.807, 2.05) is 37.3 Å². The molecule has 33 heavy (non-hydrogen) atoms. The summed E-state index contributed by atoms with van der Waals surface area (Å²) >= 11 is 1.61. The van der Waals surface area contributed by atoms with E-state index >= 15 is 0 Å². The van der Waals surface area contributed by atoms with Crippen molar-refractivity contribution in [3.05, 3.63) is 65.5 Å². The first-order chi connectivity index (χ1) is 15.7. The number of halogens is 3. The minimum Gasteiger partial charge on any atom is -0.343 e. The first-order valence-corrected chi connectivity index (χ1v) is 11.5. The Morgan fingerprint density at radius 2 is 2.00 bits per heavy atom. The summed E-state index contributed by atoms with van der Waals surface area (Å²) in [6, 6.07) is 12.7. The summed E-state index contributed by atoms with van der Waals surface area (Å²) in [7, 11) is 0. The van der Waals surface area contributed by atoms with Gasteiger partial charge in [-0.3, -0.25) is 9.59 Å². The van der Waals surface area contributed by atoms with Crippen LogP contribution in [0, 0.1) is 0 Å². The van der Waals surface area contributed by atoms with Crippen LogP contribution in [-0.4, -0.2) is 43.3 Å². The number of amides is 2. The van der Waals surface area contributed by atoms with E-state index in [9.17, 15) is 22.8 Å². The Labute approximate surface area is 191 Å². The topological polar surface area (TPSA) is 78.1 Å². The molecule has 2 aromatic carbocycles. The molecule has 2 amide bonds. The molecule has 0 aliphatic carbocycles. The number of H-pyrrole nitrogens is 1. The van der Waals surface area contributed by atoms with Crippen LogP contribution in [0.2, 0.25) is 0 Å². The Morgan fingerprint density at radius 1 is 1.24 bits per heavy atom. The van der Waals surface area contributed by atoms with Gasteiger partial charge in [-0.2, -0.15) is 13.2 Å². The fourth-order valence-corrected chi connectivity index (χ4v) is 6.03. The van der Waals surface area contributed by atoms with Gasteiger partial charge >= 0.3 is 6.18 Å². The number of aromatic amines is 1. The highest BCUT2D eigenvalue weighted by molar-refractivity contribution is 8.01. The largest absolute Gasteiger partial charge is 0.449 e. The maximum absolute atomic E-state index is 13.3. The van der Waals surface area contributed by atoms with Crippen LogP contribution in [0.25, 0.3) is 11.0 Å². The number of aromatic nitrogens is 2. The van der Waals surface area contributed by atoms with Gasteiger partial charge in [0, 0.05) is 12.2 Å². The summed E-state index contributed by atoms with van der Waals surface area (Å²) < 4.78 is 39.2. The van der Waals surface area contributed by atoms with Crippen LogP contribution in [0.1, 0.15) is 42.8 Å². The summed E-state index contributed by atoms with van der Waals surface area (Å²) in [5.41, 5.74) is 1.81. The van der Waals surface area contributed by atoms with Crippen LogP contribution >= 0.6 is 11.8 Å². The molecule has 2 aliphatic rings. The molecule has 3 atom stereocenters. The van der Waals surface area contributed by atoms with Gasteiger partial charge in [0.15, 0.2) is 0 Å². The number of nitrogens with one attached hydrogen (secondary N) is 2. The van der Waals surface area contributed by atoms with Crippen LogP contribution < -0.4 is 5.32 Å². The van der Waals surface area contributed by atoms with Crippen LogP contribution in [0.3, 0.4) is 0 Å². The van der Waals surface area contributed by atoms with Crippen LogP contribution in [-0.2, 0) is 15.8 Å². The lowest BCUT2D eigenvalue weighted by Gasteiger charge is -2.31. The van der Waals surface area contributed by atoms with Crippen molar-refractivity contribution >= 4 is 34.6 Å². The Balaban J connectivity index is 1.48. The molecule has 0 radical (unpaired) electrons. The number of thioether (sulfide) groups is 1. The summed E-state index contributed by atoms with van der Waals surface area (Å²) in [5, 5.41) is 3.04. The zero-order chi connectivity index (χ0) is 23.4. The van der Waals surface area contributed by atoms with E-state index < -0.39 is 24.1 Å². The van der Waals surface area contributed by atoms with Crippen molar-refractivity contribution in [3.63, 3.8) is 0 Å². The van der Waals surface area contributed by atoms with Gasteiger partial charge < -0.3 is 15.2 Å². The molecule has 2 fully saturated rings. The Hall–Kier alpha value is -3.01. The lowest BCUT2D eigenvalue weighted by molar-refractivity contribution is -0.144. The van der Waals surface area contributed by atoms with E-state index in [2.05, 4.69) is 15.3 Å². The third-order valence-electron chi connectivity index (χ3n) is 6.27. The van der Waals surface area contributed by atoms with Crippen molar-refractivity contribution in [1.82, 2.24) is 20.2 Å². The smallest absolute Gasteiger partial charge is 0.343 e. The molecular weight excluding hydrogens is 453 g/mol. The average Bonchev–Trinajstić information content (AvgIpc) is 3.45. The van der Waals surface area contributed by atoms with Crippen molar-refractivity contribution in [2.45, 2.75) is 42.9 Å². The van der Waals surface area contributed by atoms with E-state index in [-0.39, 0.29) is 27.7 Å². The highest BCUT2D eigenvalue weighted by atomic mass is 32.2. The van der Waals surface area contributed by atoms with Crippen molar-refractivity contribution in [2.24, 2.45) is 0 Å². The zero-order valence-electron chi connectivity index (χ0n) is 17.6. The molecule has 0 spiro atoms. The molecular formula is C23H21F3N4O2S. The maximum atomic E-state index is 13.3. The summed E-state index contributed by atoms with van der Waals surface area (Å²) in [4.78, 5) is 33.1. The number of carbonyl (C=O) groups is 2. The van der Waals surface area contributed by atoms with Gasteiger partial charge in [-0.15, -0.1) is 11.8 Å². The molecule has 1 aromatic heterocycles. The minimum absolute atomic E-state index is 0.0301. The van der Waals surface area contributed by atoms with E-state index in [0.29, 0.717) is 24.2 Å². The van der Waals surface area contributed by atoms with Crippen LogP contribution in [0.4, 0.5) is 13.2 Å². The molecule has 0 unspecified atom stereocenters. The fraction of sp³-hybridized carbons (Fsp3) is 0.348. The fourth-order valence-electron chi connectivity index (χ4n) is 4.60. The molecule has 5 rings (SSSR count). The summed E-state index contributed by atoms with van der Waals surface area (Å²) in [6.45, 7) is 1.98. The normalized spacial score (nSPS) is 23.7. The molecule has 0 saturated carbocycles. The molecule has 10 heteroatoms. The summed E-state index contributed by atoms with van der Waals surface area (Å²) in [5.74, 6) is -0.873. The number of benzene rings is 2. The van der Waals surface area contributed by atoms with Crippen molar-refractivity contribution in [1.29, 1.82) is 0 Å². The number of rotatable bonds is 4. The number of nitrogens with zero attached hydrogens (tertiary/aromatic N) is 2. The highest BCUT2D eigenvalue weighted by Gasteiger charge is 2.53. The molecule has 2 N–H and O–H groups in total. The second-order valence-corrected chi connectivity index (χ2v) is 9.98. The third-order valence-corrected chi connectivity index (χ3v) is 7.78. The molecule has 0 bridgehead atoms. The lowest BCUT2D eigenvalue weighted by atomic mass is 9.97. The van der Waals surface area contributed by atoms with E-state index in [4.69, 9.17) is 0 Å². The number of carbonyl (C=O) groups excluding carboxylic acids is 2. The standard InChI is InChI=1S/C23H21F3N4O2S/c1-22-10-9-18(31)30(22)17(12-33-22)20(32)29-19(13-5-3-2-4-6-13)14-7-8-15-16(11-14)28-21(27-15)23(24,25)26/h2-8,11,17,19H,9-10,12H2,1H3,(H,27,28)(H,29,32)/t17-,19-,22-/m0/s1. The van der Waals surface area contributed by atoms with E-state index in [1.54, 1.807) is 28.8 Å². The molecule has 6 nitrogen and oxygen atoms in total. The van der Waals surface area contributed by atoms with Crippen LogP contribution in [0.5, 0.6) is 0 Å². The maximum Gasteiger partial charge on any atom is 0.449 e. The molecule has 2 saturated heterocycles. The van der Waals surface area contributed by atoms with Crippen molar-refractivity contribution in [3.8, 4) is 0 Å². The molecule has 2 aliphatic heterocycles.